The van der Waals surface area contributed by atoms with E-state index in [-0.39, 0.29) is 24.9 Å². The standard InChI is InChI=1S/C18H26N4OS.ClH/c1-14(12-23)13-24-18-21-20-17(16-7-9-19-10-8-16)22(18)11-15-5-3-2-4-6-15;/h2-6,14,16,19,23H,7-13H2,1H3;1H/t14-;/m0./s1. The van der Waals surface area contributed by atoms with Crippen molar-refractivity contribution in [3.63, 3.8) is 0 Å². The van der Waals surface area contributed by atoms with Crippen LogP contribution in [-0.4, -0.2) is 45.3 Å². The lowest BCUT2D eigenvalue weighted by Crippen LogP contribution is -2.28. The molecule has 5 nitrogen and oxygen atoms in total. The third-order valence-corrected chi connectivity index (χ3v) is 5.74. The summed E-state index contributed by atoms with van der Waals surface area (Å²) in [4.78, 5) is 0. The fourth-order valence-corrected chi connectivity index (χ4v) is 3.92. The number of aliphatic hydroxyl groups is 1. The van der Waals surface area contributed by atoms with E-state index >= 15 is 0 Å². The van der Waals surface area contributed by atoms with Crippen LogP contribution in [0.3, 0.4) is 0 Å². The summed E-state index contributed by atoms with van der Waals surface area (Å²) in [6.45, 7) is 5.17. The number of benzene rings is 1. The molecule has 1 aliphatic rings. The molecule has 1 aromatic carbocycles. The Balaban J connectivity index is 0.00000225. The number of aromatic nitrogens is 3. The zero-order valence-electron chi connectivity index (χ0n) is 14.6. The lowest BCUT2D eigenvalue weighted by molar-refractivity contribution is 0.250. The number of hydrogen-bond acceptors (Lipinski definition) is 5. The zero-order chi connectivity index (χ0) is 16.8. The first-order chi connectivity index (χ1) is 11.8. The Morgan fingerprint density at radius 3 is 2.64 bits per heavy atom. The van der Waals surface area contributed by atoms with E-state index in [1.807, 2.05) is 6.07 Å². The lowest BCUT2D eigenvalue weighted by Gasteiger charge is -2.23. The van der Waals surface area contributed by atoms with Crippen LogP contribution in [0.5, 0.6) is 0 Å². The highest BCUT2D eigenvalue weighted by molar-refractivity contribution is 7.99. The summed E-state index contributed by atoms with van der Waals surface area (Å²) in [7, 11) is 0. The molecule has 1 aromatic heterocycles. The molecule has 1 fully saturated rings. The van der Waals surface area contributed by atoms with Crippen LogP contribution >= 0.6 is 24.2 Å². The second-order valence-electron chi connectivity index (χ2n) is 6.54. The van der Waals surface area contributed by atoms with Crippen LogP contribution in [-0.2, 0) is 6.54 Å². The largest absolute Gasteiger partial charge is 0.396 e. The normalized spacial score (nSPS) is 16.4. The van der Waals surface area contributed by atoms with Gasteiger partial charge in [-0.2, -0.15) is 0 Å². The zero-order valence-corrected chi connectivity index (χ0v) is 16.2. The molecule has 0 unspecified atom stereocenters. The van der Waals surface area contributed by atoms with E-state index in [1.54, 1.807) is 11.8 Å². The Morgan fingerprint density at radius 2 is 1.96 bits per heavy atom. The molecule has 1 atom stereocenters. The topological polar surface area (TPSA) is 63.0 Å². The SMILES string of the molecule is C[C@@H](CO)CSc1nnc(C2CCNCC2)n1Cc1ccccc1.Cl. The molecule has 2 aromatic rings. The van der Waals surface area contributed by atoms with Gasteiger partial charge in [-0.05, 0) is 37.4 Å². The highest BCUT2D eigenvalue weighted by atomic mass is 35.5. The van der Waals surface area contributed by atoms with Gasteiger partial charge in [-0.3, -0.25) is 0 Å². The van der Waals surface area contributed by atoms with Gasteiger partial charge in [0.2, 0.25) is 0 Å². The average molecular weight is 383 g/mol. The van der Waals surface area contributed by atoms with Crippen molar-refractivity contribution in [1.29, 1.82) is 0 Å². The first-order valence-electron chi connectivity index (χ1n) is 8.69. The third kappa shape index (κ3) is 5.45. The Morgan fingerprint density at radius 1 is 1.24 bits per heavy atom. The predicted octanol–water partition coefficient (Wildman–Crippen LogP) is 2.94. The van der Waals surface area contributed by atoms with Crippen LogP contribution in [0.2, 0.25) is 0 Å². The van der Waals surface area contributed by atoms with Crippen LogP contribution in [0.1, 0.15) is 37.1 Å². The van der Waals surface area contributed by atoms with E-state index in [4.69, 9.17) is 0 Å². The van der Waals surface area contributed by atoms with Gasteiger partial charge in [0, 0.05) is 18.3 Å². The molecular weight excluding hydrogens is 356 g/mol. The summed E-state index contributed by atoms with van der Waals surface area (Å²) in [5.41, 5.74) is 1.27. The van der Waals surface area contributed by atoms with E-state index in [2.05, 4.69) is 51.3 Å². The lowest BCUT2D eigenvalue weighted by atomic mass is 9.97. The predicted molar refractivity (Wildman–Crippen MR) is 105 cm³/mol. The van der Waals surface area contributed by atoms with Gasteiger partial charge in [0.25, 0.3) is 0 Å². The van der Waals surface area contributed by atoms with E-state index in [0.29, 0.717) is 5.92 Å². The maximum Gasteiger partial charge on any atom is 0.191 e. The third-order valence-electron chi connectivity index (χ3n) is 4.44. The van der Waals surface area contributed by atoms with E-state index in [0.717, 1.165) is 49.2 Å². The van der Waals surface area contributed by atoms with Crippen molar-refractivity contribution in [2.45, 2.75) is 37.4 Å². The molecule has 0 amide bonds. The maximum absolute atomic E-state index is 9.26. The minimum Gasteiger partial charge on any atom is -0.396 e. The molecule has 1 aliphatic heterocycles. The van der Waals surface area contributed by atoms with Gasteiger partial charge in [0.05, 0.1) is 6.54 Å². The molecule has 25 heavy (non-hydrogen) atoms. The molecule has 0 bridgehead atoms. The van der Waals surface area contributed by atoms with Crippen molar-refractivity contribution in [3.05, 3.63) is 41.7 Å². The van der Waals surface area contributed by atoms with Gasteiger partial charge in [0.15, 0.2) is 5.16 Å². The first-order valence-corrected chi connectivity index (χ1v) is 9.68. The number of nitrogens with one attached hydrogen (secondary N) is 1. The second kappa shape index (κ2) is 10.2. The summed E-state index contributed by atoms with van der Waals surface area (Å²) in [6, 6.07) is 10.5. The summed E-state index contributed by atoms with van der Waals surface area (Å²) < 4.78 is 2.28. The minimum absolute atomic E-state index is 0. The molecule has 0 radical (unpaired) electrons. The van der Waals surface area contributed by atoms with Crippen LogP contribution in [0, 0.1) is 5.92 Å². The summed E-state index contributed by atoms with van der Waals surface area (Å²) in [6.07, 6.45) is 2.23. The van der Waals surface area contributed by atoms with Gasteiger partial charge in [-0.15, -0.1) is 22.6 Å². The monoisotopic (exact) mass is 382 g/mol. The molecule has 2 N–H and O–H groups in total. The maximum atomic E-state index is 9.26. The van der Waals surface area contributed by atoms with Gasteiger partial charge in [0.1, 0.15) is 5.82 Å². The first kappa shape index (κ1) is 20.2. The fraction of sp³-hybridized carbons (Fsp3) is 0.556. The van der Waals surface area contributed by atoms with Crippen molar-refractivity contribution in [3.8, 4) is 0 Å². The quantitative estimate of drug-likeness (QED) is 0.721. The number of rotatable bonds is 7. The fourth-order valence-electron chi connectivity index (χ4n) is 2.97. The molecule has 7 heteroatoms. The van der Waals surface area contributed by atoms with Crippen molar-refractivity contribution >= 4 is 24.2 Å². The molecule has 0 spiro atoms. The van der Waals surface area contributed by atoms with Gasteiger partial charge < -0.3 is 15.0 Å². The van der Waals surface area contributed by atoms with Gasteiger partial charge >= 0.3 is 0 Å². The molecular formula is C18H27ClN4OS. The average Bonchev–Trinajstić information content (AvgIpc) is 3.04. The van der Waals surface area contributed by atoms with Crippen molar-refractivity contribution in [2.75, 3.05) is 25.4 Å². The van der Waals surface area contributed by atoms with Crippen molar-refractivity contribution in [2.24, 2.45) is 5.92 Å². The van der Waals surface area contributed by atoms with Crippen molar-refractivity contribution < 1.29 is 5.11 Å². The Bertz CT molecular complexity index is 631. The summed E-state index contributed by atoms with van der Waals surface area (Å²) in [5.74, 6) is 2.71. The molecule has 138 valence electrons. The number of hydrogen-bond donors (Lipinski definition) is 2. The van der Waals surface area contributed by atoms with E-state index in [1.165, 1.54) is 5.56 Å². The van der Waals surface area contributed by atoms with Crippen LogP contribution in [0.15, 0.2) is 35.5 Å². The van der Waals surface area contributed by atoms with E-state index in [9.17, 15) is 5.11 Å². The number of thioether (sulfide) groups is 1. The Kier molecular flexibility index (Phi) is 8.22. The van der Waals surface area contributed by atoms with Crippen LogP contribution < -0.4 is 5.32 Å². The summed E-state index contributed by atoms with van der Waals surface area (Å²) in [5, 5.41) is 22.7. The number of piperidine rings is 1. The molecule has 2 heterocycles. The minimum atomic E-state index is 0. The van der Waals surface area contributed by atoms with Gasteiger partial charge in [-0.25, -0.2) is 0 Å². The number of halogens is 1. The van der Waals surface area contributed by atoms with E-state index < -0.39 is 0 Å². The molecule has 0 saturated carbocycles. The Labute approximate surface area is 160 Å². The molecule has 0 aliphatic carbocycles. The molecule has 3 rings (SSSR count). The number of nitrogens with zero attached hydrogens (tertiary/aromatic N) is 3. The highest BCUT2D eigenvalue weighted by Crippen LogP contribution is 2.28. The van der Waals surface area contributed by atoms with Crippen molar-refractivity contribution in [1.82, 2.24) is 20.1 Å². The molecule has 1 saturated heterocycles. The van der Waals surface area contributed by atoms with Crippen LogP contribution in [0.25, 0.3) is 0 Å². The smallest absolute Gasteiger partial charge is 0.191 e. The summed E-state index contributed by atoms with van der Waals surface area (Å²) >= 11 is 1.70. The van der Waals surface area contributed by atoms with Crippen LogP contribution in [0.4, 0.5) is 0 Å². The Hall–Kier alpha value is -1.08. The highest BCUT2D eigenvalue weighted by Gasteiger charge is 2.23. The second-order valence-corrected chi connectivity index (χ2v) is 7.52. The number of aliphatic hydroxyl groups excluding tert-OH is 1. The van der Waals surface area contributed by atoms with Gasteiger partial charge in [-0.1, -0.05) is 49.0 Å².